The van der Waals surface area contributed by atoms with Crippen molar-refractivity contribution in [2.24, 2.45) is 5.73 Å². The molecule has 0 aromatic carbocycles. The quantitative estimate of drug-likeness (QED) is 0.497. The first kappa shape index (κ1) is 13.8. The van der Waals surface area contributed by atoms with Crippen molar-refractivity contribution in [3.05, 3.63) is 0 Å². The summed E-state index contributed by atoms with van der Waals surface area (Å²) in [6.45, 7) is 5.19. The number of hydrogen-bond donors (Lipinski definition) is 3. The van der Waals surface area contributed by atoms with E-state index in [9.17, 15) is 4.79 Å². The summed E-state index contributed by atoms with van der Waals surface area (Å²) in [6.07, 6.45) is 0.614. The summed E-state index contributed by atoms with van der Waals surface area (Å²) in [4.78, 5) is 13.8. The molecule has 0 aliphatic carbocycles. The number of ether oxygens (including phenoxy) is 1. The number of nitrogens with zero attached hydrogens (tertiary/aromatic N) is 1. The zero-order chi connectivity index (χ0) is 13.1. The van der Waals surface area contributed by atoms with Gasteiger partial charge in [0.15, 0.2) is 0 Å². The van der Waals surface area contributed by atoms with Crippen molar-refractivity contribution in [3.8, 4) is 0 Å². The standard InChI is InChI=1S/C11H22N4O2/c1-8(2)17-10(16)14-11(9(12)13)4-6-15(3)7-5-11/h8H,4-7H2,1-3H3,(H3,12,13)(H,14,16). The summed E-state index contributed by atoms with van der Waals surface area (Å²) in [5.41, 5.74) is 4.88. The van der Waals surface area contributed by atoms with Gasteiger partial charge in [-0.3, -0.25) is 5.41 Å². The van der Waals surface area contributed by atoms with Crippen molar-refractivity contribution in [3.63, 3.8) is 0 Å². The minimum atomic E-state index is -0.738. The van der Waals surface area contributed by atoms with Crippen LogP contribution < -0.4 is 11.1 Å². The van der Waals surface area contributed by atoms with Gasteiger partial charge in [0.05, 0.1) is 6.10 Å². The Bertz CT molecular complexity index is 296. The van der Waals surface area contributed by atoms with E-state index in [1.807, 2.05) is 7.05 Å². The lowest BCUT2D eigenvalue weighted by molar-refractivity contribution is 0.101. The molecule has 0 unspecified atom stereocenters. The van der Waals surface area contributed by atoms with E-state index in [0.717, 1.165) is 13.1 Å². The second kappa shape index (κ2) is 5.35. The molecule has 6 nitrogen and oxygen atoms in total. The van der Waals surface area contributed by atoms with Gasteiger partial charge in [0.1, 0.15) is 11.4 Å². The number of likely N-dealkylation sites (tertiary alicyclic amines) is 1. The molecule has 6 heteroatoms. The van der Waals surface area contributed by atoms with Gasteiger partial charge in [0.25, 0.3) is 0 Å². The topological polar surface area (TPSA) is 91.4 Å². The number of nitrogens with one attached hydrogen (secondary N) is 2. The van der Waals surface area contributed by atoms with E-state index in [-0.39, 0.29) is 11.9 Å². The molecule has 1 saturated heterocycles. The molecule has 0 atom stereocenters. The maximum absolute atomic E-state index is 11.6. The third-order valence-electron chi connectivity index (χ3n) is 3.04. The number of amidine groups is 1. The van der Waals surface area contributed by atoms with Crippen LogP contribution in [0.1, 0.15) is 26.7 Å². The monoisotopic (exact) mass is 242 g/mol. The zero-order valence-electron chi connectivity index (χ0n) is 10.7. The average Bonchev–Trinajstić information content (AvgIpc) is 2.20. The molecule has 4 N–H and O–H groups in total. The van der Waals surface area contributed by atoms with Crippen molar-refractivity contribution in [1.82, 2.24) is 10.2 Å². The molecule has 0 aromatic heterocycles. The number of piperidine rings is 1. The van der Waals surface area contributed by atoms with E-state index in [4.69, 9.17) is 15.9 Å². The van der Waals surface area contributed by atoms with Crippen molar-refractivity contribution in [1.29, 1.82) is 5.41 Å². The molecule has 1 fully saturated rings. The van der Waals surface area contributed by atoms with Gasteiger partial charge >= 0.3 is 6.09 Å². The van der Waals surface area contributed by atoms with Crippen LogP contribution in [0, 0.1) is 5.41 Å². The van der Waals surface area contributed by atoms with Crippen LogP contribution in [0.3, 0.4) is 0 Å². The van der Waals surface area contributed by atoms with Gasteiger partial charge < -0.3 is 20.7 Å². The van der Waals surface area contributed by atoms with Gasteiger partial charge in [0.2, 0.25) is 0 Å². The van der Waals surface area contributed by atoms with Gasteiger partial charge in [0, 0.05) is 13.1 Å². The molecular weight excluding hydrogens is 220 g/mol. The number of carbonyl (C=O) groups excluding carboxylic acids is 1. The van der Waals surface area contributed by atoms with Crippen LogP contribution in [-0.2, 0) is 4.74 Å². The number of rotatable bonds is 3. The summed E-state index contributed by atoms with van der Waals surface area (Å²) >= 11 is 0. The lowest BCUT2D eigenvalue weighted by Gasteiger charge is -2.39. The van der Waals surface area contributed by atoms with Gasteiger partial charge in [-0.05, 0) is 33.7 Å². The molecule has 98 valence electrons. The molecule has 17 heavy (non-hydrogen) atoms. The lowest BCUT2D eigenvalue weighted by Crippen LogP contribution is -2.61. The molecule has 0 saturated carbocycles. The summed E-state index contributed by atoms with van der Waals surface area (Å²) in [5.74, 6) is 0.00584. The van der Waals surface area contributed by atoms with Crippen LogP contribution in [-0.4, -0.2) is 48.6 Å². The van der Waals surface area contributed by atoms with E-state index in [2.05, 4.69) is 10.2 Å². The average molecular weight is 242 g/mol. The van der Waals surface area contributed by atoms with Crippen LogP contribution in [0.4, 0.5) is 4.79 Å². The Kier molecular flexibility index (Phi) is 4.34. The summed E-state index contributed by atoms with van der Waals surface area (Å²) < 4.78 is 5.04. The van der Waals surface area contributed by atoms with E-state index >= 15 is 0 Å². The van der Waals surface area contributed by atoms with Gasteiger partial charge in [-0.2, -0.15) is 0 Å². The number of amides is 1. The van der Waals surface area contributed by atoms with E-state index in [1.54, 1.807) is 13.8 Å². The maximum Gasteiger partial charge on any atom is 0.408 e. The van der Waals surface area contributed by atoms with Crippen molar-refractivity contribution < 1.29 is 9.53 Å². The van der Waals surface area contributed by atoms with Gasteiger partial charge in [-0.25, -0.2) is 4.79 Å². The second-order valence-electron chi connectivity index (χ2n) is 4.88. The Hall–Kier alpha value is -1.30. The summed E-state index contributed by atoms with van der Waals surface area (Å²) in [7, 11) is 2.01. The molecule has 1 rings (SSSR count). The molecule has 1 aliphatic heterocycles. The van der Waals surface area contributed by atoms with Gasteiger partial charge in [-0.1, -0.05) is 0 Å². The fourth-order valence-corrected chi connectivity index (χ4v) is 1.90. The van der Waals surface area contributed by atoms with Crippen molar-refractivity contribution >= 4 is 11.9 Å². The normalized spacial score (nSPS) is 20.0. The first-order valence-corrected chi connectivity index (χ1v) is 5.87. The van der Waals surface area contributed by atoms with Crippen molar-refractivity contribution in [2.45, 2.75) is 38.3 Å². The molecule has 1 heterocycles. The Morgan fingerprint density at radius 1 is 1.47 bits per heavy atom. The third kappa shape index (κ3) is 3.59. The fourth-order valence-electron chi connectivity index (χ4n) is 1.90. The number of hydrogen-bond acceptors (Lipinski definition) is 4. The van der Waals surface area contributed by atoms with Crippen LogP contribution in [0.25, 0.3) is 0 Å². The summed E-state index contributed by atoms with van der Waals surface area (Å²) in [5, 5.41) is 10.4. The highest BCUT2D eigenvalue weighted by Gasteiger charge is 2.38. The lowest BCUT2D eigenvalue weighted by atomic mass is 9.86. The minimum absolute atomic E-state index is 0.00584. The smallest absolute Gasteiger partial charge is 0.408 e. The van der Waals surface area contributed by atoms with E-state index in [0.29, 0.717) is 12.8 Å². The van der Waals surface area contributed by atoms with E-state index < -0.39 is 11.6 Å². The minimum Gasteiger partial charge on any atom is -0.447 e. The predicted octanol–water partition coefficient (Wildman–Crippen LogP) is 0.521. The predicted molar refractivity (Wildman–Crippen MR) is 66.1 cm³/mol. The highest BCUT2D eigenvalue weighted by Crippen LogP contribution is 2.21. The maximum atomic E-state index is 11.6. The SMILES string of the molecule is CC(C)OC(=O)NC1(C(=N)N)CCN(C)CC1. The first-order valence-electron chi connectivity index (χ1n) is 5.87. The highest BCUT2D eigenvalue weighted by atomic mass is 16.6. The van der Waals surface area contributed by atoms with Crippen molar-refractivity contribution in [2.75, 3.05) is 20.1 Å². The zero-order valence-corrected chi connectivity index (χ0v) is 10.7. The Balaban J connectivity index is 2.66. The van der Waals surface area contributed by atoms with E-state index in [1.165, 1.54) is 0 Å². The molecule has 1 aliphatic rings. The molecule has 1 amide bonds. The number of carbonyl (C=O) groups is 1. The highest BCUT2D eigenvalue weighted by molar-refractivity contribution is 5.90. The molecule has 0 bridgehead atoms. The number of nitrogens with two attached hydrogens (primary N) is 1. The Morgan fingerprint density at radius 2 is 2.00 bits per heavy atom. The largest absolute Gasteiger partial charge is 0.447 e. The second-order valence-corrected chi connectivity index (χ2v) is 4.88. The van der Waals surface area contributed by atoms with Gasteiger partial charge in [-0.15, -0.1) is 0 Å². The molecule has 0 aromatic rings. The Labute approximate surface area is 102 Å². The molecular formula is C11H22N4O2. The molecule has 0 radical (unpaired) electrons. The Morgan fingerprint density at radius 3 is 2.41 bits per heavy atom. The first-order chi connectivity index (χ1) is 7.85. The number of alkyl carbamates (subject to hydrolysis) is 1. The summed E-state index contributed by atoms with van der Waals surface area (Å²) in [6, 6.07) is 0. The fraction of sp³-hybridized carbons (Fsp3) is 0.818. The van der Waals surface area contributed by atoms with Crippen LogP contribution >= 0.6 is 0 Å². The molecule has 0 spiro atoms. The van der Waals surface area contributed by atoms with Crippen LogP contribution in [0.2, 0.25) is 0 Å². The third-order valence-corrected chi connectivity index (χ3v) is 3.04. The van der Waals surface area contributed by atoms with Crippen LogP contribution in [0.15, 0.2) is 0 Å². The van der Waals surface area contributed by atoms with Crippen LogP contribution in [0.5, 0.6) is 0 Å².